The van der Waals surface area contributed by atoms with Crippen molar-refractivity contribution in [2.75, 3.05) is 7.05 Å². The summed E-state index contributed by atoms with van der Waals surface area (Å²) in [4.78, 5) is 14.8. The van der Waals surface area contributed by atoms with Gasteiger partial charge in [0.25, 0.3) is 5.91 Å². The highest BCUT2D eigenvalue weighted by Gasteiger charge is 2.08. The molecule has 0 unspecified atom stereocenters. The summed E-state index contributed by atoms with van der Waals surface area (Å²) in [6.45, 7) is 1.94. The predicted molar refractivity (Wildman–Crippen MR) is 39.2 cm³/mol. The summed E-state index contributed by atoms with van der Waals surface area (Å²) < 4.78 is 0. The van der Waals surface area contributed by atoms with Gasteiger partial charge >= 0.3 is 0 Å². The van der Waals surface area contributed by atoms with Gasteiger partial charge in [-0.3, -0.25) is 9.89 Å². The number of nitrogens with one attached hydrogen (secondary N) is 2. The summed E-state index contributed by atoms with van der Waals surface area (Å²) in [5.41, 5.74) is 0. The fraction of sp³-hybridized carbons (Fsp3) is 0.500. The van der Waals surface area contributed by atoms with E-state index in [4.69, 9.17) is 0 Å². The van der Waals surface area contributed by atoms with E-state index in [1.165, 1.54) is 0 Å². The Morgan fingerprint density at radius 3 is 2.91 bits per heavy atom. The summed E-state index contributed by atoms with van der Waals surface area (Å²) in [6.07, 6.45) is 0.754. The number of aryl methyl sites for hydroxylation is 1. The first-order valence-corrected chi connectivity index (χ1v) is 3.41. The Morgan fingerprint density at radius 2 is 2.45 bits per heavy atom. The molecule has 0 saturated carbocycles. The Kier molecular flexibility index (Phi) is 2.20. The Balaban J connectivity index is 2.80. The van der Waals surface area contributed by atoms with Gasteiger partial charge in [0.05, 0.1) is 0 Å². The SMILES string of the molecule is CCc1nc(C(=O)NC)n[nH]1. The van der Waals surface area contributed by atoms with Gasteiger partial charge in [0.15, 0.2) is 0 Å². The highest BCUT2D eigenvalue weighted by atomic mass is 16.2. The van der Waals surface area contributed by atoms with E-state index in [-0.39, 0.29) is 11.7 Å². The molecule has 11 heavy (non-hydrogen) atoms. The third kappa shape index (κ3) is 1.54. The Hall–Kier alpha value is -1.39. The molecule has 0 radical (unpaired) electrons. The van der Waals surface area contributed by atoms with Crippen molar-refractivity contribution in [1.29, 1.82) is 0 Å². The molecule has 2 N–H and O–H groups in total. The number of carbonyl (C=O) groups excluding carboxylic acids is 1. The van der Waals surface area contributed by atoms with E-state index in [0.29, 0.717) is 0 Å². The van der Waals surface area contributed by atoms with Crippen molar-refractivity contribution < 1.29 is 4.79 Å². The Labute approximate surface area is 64.2 Å². The normalized spacial score (nSPS) is 9.64. The molecule has 1 heterocycles. The number of hydrogen-bond acceptors (Lipinski definition) is 3. The number of rotatable bonds is 2. The van der Waals surface area contributed by atoms with Crippen LogP contribution in [-0.4, -0.2) is 28.1 Å². The predicted octanol–water partition coefficient (Wildman–Crippen LogP) is -0.273. The van der Waals surface area contributed by atoms with E-state index in [1.54, 1.807) is 7.05 Å². The second kappa shape index (κ2) is 3.14. The molecule has 0 saturated heterocycles. The number of H-pyrrole nitrogens is 1. The number of hydrogen-bond donors (Lipinski definition) is 2. The van der Waals surface area contributed by atoms with E-state index in [0.717, 1.165) is 12.2 Å². The zero-order chi connectivity index (χ0) is 8.27. The Morgan fingerprint density at radius 1 is 1.73 bits per heavy atom. The van der Waals surface area contributed by atoms with Gasteiger partial charge in [0.1, 0.15) is 5.82 Å². The minimum Gasteiger partial charge on any atom is -0.352 e. The first-order valence-electron chi connectivity index (χ1n) is 3.41. The van der Waals surface area contributed by atoms with Crippen LogP contribution in [0.5, 0.6) is 0 Å². The molecule has 5 nitrogen and oxygen atoms in total. The van der Waals surface area contributed by atoms with Gasteiger partial charge in [0.2, 0.25) is 5.82 Å². The highest BCUT2D eigenvalue weighted by Crippen LogP contribution is 1.91. The number of aromatic amines is 1. The lowest BCUT2D eigenvalue weighted by molar-refractivity contribution is 0.0953. The molecule has 0 aliphatic rings. The summed E-state index contributed by atoms with van der Waals surface area (Å²) in [6, 6.07) is 0. The average Bonchev–Trinajstić information content (AvgIpc) is 2.50. The zero-order valence-corrected chi connectivity index (χ0v) is 6.51. The van der Waals surface area contributed by atoms with Gasteiger partial charge in [-0.1, -0.05) is 6.92 Å². The van der Waals surface area contributed by atoms with E-state index in [2.05, 4.69) is 20.5 Å². The molecule has 0 aliphatic heterocycles. The van der Waals surface area contributed by atoms with Crippen molar-refractivity contribution in [2.45, 2.75) is 13.3 Å². The standard InChI is InChI=1S/C6H10N4O/c1-3-4-8-5(10-9-4)6(11)7-2/h3H2,1-2H3,(H,7,11)(H,8,9,10). The number of amides is 1. The molecule has 60 valence electrons. The third-order valence-corrected chi connectivity index (χ3v) is 1.30. The summed E-state index contributed by atoms with van der Waals surface area (Å²) in [5.74, 6) is 0.661. The first-order chi connectivity index (χ1) is 5.27. The second-order valence-electron chi connectivity index (χ2n) is 2.04. The van der Waals surface area contributed by atoms with Crippen LogP contribution in [0, 0.1) is 0 Å². The quantitative estimate of drug-likeness (QED) is 0.615. The molecule has 0 atom stereocenters. The van der Waals surface area contributed by atoms with Crippen molar-refractivity contribution in [3.63, 3.8) is 0 Å². The van der Waals surface area contributed by atoms with Crippen molar-refractivity contribution in [2.24, 2.45) is 0 Å². The molecule has 0 bridgehead atoms. The van der Waals surface area contributed by atoms with Crippen molar-refractivity contribution >= 4 is 5.91 Å². The molecule has 0 spiro atoms. The smallest absolute Gasteiger partial charge is 0.290 e. The van der Waals surface area contributed by atoms with E-state index in [9.17, 15) is 4.79 Å². The summed E-state index contributed by atoms with van der Waals surface area (Å²) in [7, 11) is 1.55. The van der Waals surface area contributed by atoms with Crippen molar-refractivity contribution in [3.05, 3.63) is 11.6 Å². The lowest BCUT2D eigenvalue weighted by Crippen LogP contribution is -2.19. The van der Waals surface area contributed by atoms with Crippen LogP contribution < -0.4 is 5.32 Å². The first kappa shape index (κ1) is 7.71. The number of aromatic nitrogens is 3. The molecule has 5 heteroatoms. The van der Waals surface area contributed by atoms with Crippen LogP contribution in [0.25, 0.3) is 0 Å². The van der Waals surface area contributed by atoms with Gasteiger partial charge in [-0.05, 0) is 0 Å². The van der Waals surface area contributed by atoms with Crippen molar-refractivity contribution in [1.82, 2.24) is 20.5 Å². The minimum atomic E-state index is -0.263. The van der Waals surface area contributed by atoms with Crippen LogP contribution in [0.2, 0.25) is 0 Å². The van der Waals surface area contributed by atoms with Crippen LogP contribution in [-0.2, 0) is 6.42 Å². The maximum Gasteiger partial charge on any atom is 0.290 e. The summed E-state index contributed by atoms with van der Waals surface area (Å²) in [5, 5.41) is 8.79. The molecule has 0 aliphatic carbocycles. The maximum absolute atomic E-state index is 10.9. The van der Waals surface area contributed by atoms with Gasteiger partial charge < -0.3 is 5.32 Å². The van der Waals surface area contributed by atoms with Crippen LogP contribution in [0.4, 0.5) is 0 Å². The van der Waals surface area contributed by atoms with Gasteiger partial charge in [-0.2, -0.15) is 0 Å². The molecule has 1 rings (SSSR count). The van der Waals surface area contributed by atoms with Crippen LogP contribution in [0.1, 0.15) is 23.4 Å². The van der Waals surface area contributed by atoms with E-state index in [1.807, 2.05) is 6.92 Å². The maximum atomic E-state index is 10.9. The molecule has 1 aromatic rings. The molecule has 0 fully saturated rings. The number of carbonyl (C=O) groups is 1. The molecular weight excluding hydrogens is 144 g/mol. The highest BCUT2D eigenvalue weighted by molar-refractivity contribution is 5.89. The van der Waals surface area contributed by atoms with Crippen LogP contribution in [0.3, 0.4) is 0 Å². The minimum absolute atomic E-state index is 0.198. The Bertz CT molecular complexity index is 255. The largest absolute Gasteiger partial charge is 0.352 e. The van der Waals surface area contributed by atoms with Gasteiger partial charge in [-0.15, -0.1) is 5.10 Å². The van der Waals surface area contributed by atoms with E-state index >= 15 is 0 Å². The van der Waals surface area contributed by atoms with E-state index < -0.39 is 0 Å². The molecule has 0 aromatic carbocycles. The topological polar surface area (TPSA) is 70.7 Å². The van der Waals surface area contributed by atoms with Gasteiger partial charge in [-0.25, -0.2) is 4.98 Å². The average molecular weight is 154 g/mol. The molecule has 1 amide bonds. The summed E-state index contributed by atoms with van der Waals surface area (Å²) >= 11 is 0. The van der Waals surface area contributed by atoms with Crippen LogP contribution >= 0.6 is 0 Å². The lowest BCUT2D eigenvalue weighted by atomic mass is 10.5. The fourth-order valence-corrected chi connectivity index (χ4v) is 0.667. The van der Waals surface area contributed by atoms with Crippen LogP contribution in [0.15, 0.2) is 0 Å². The number of nitrogens with zero attached hydrogens (tertiary/aromatic N) is 2. The molecular formula is C6H10N4O. The zero-order valence-electron chi connectivity index (χ0n) is 6.51. The monoisotopic (exact) mass is 154 g/mol. The lowest BCUT2D eigenvalue weighted by Gasteiger charge is -1.88. The van der Waals surface area contributed by atoms with Crippen molar-refractivity contribution in [3.8, 4) is 0 Å². The fourth-order valence-electron chi connectivity index (χ4n) is 0.667. The second-order valence-corrected chi connectivity index (χ2v) is 2.04. The third-order valence-electron chi connectivity index (χ3n) is 1.30. The molecule has 1 aromatic heterocycles. The van der Waals surface area contributed by atoms with Gasteiger partial charge in [0, 0.05) is 13.5 Å².